The van der Waals surface area contributed by atoms with E-state index in [-0.39, 0.29) is 16.3 Å². The maximum Gasteiger partial charge on any atom is 0.313 e. The molecule has 1 aliphatic heterocycles. The molecule has 0 radical (unpaired) electrons. The number of nitrogens with zero attached hydrogens (tertiary/aromatic N) is 2. The van der Waals surface area contributed by atoms with Gasteiger partial charge in [0.2, 0.25) is 5.91 Å². The molecule has 1 aliphatic rings. The molecule has 152 valence electrons. The molecule has 3 rings (SSSR count). The van der Waals surface area contributed by atoms with Crippen LogP contribution < -0.4 is 21.3 Å². The zero-order valence-electron chi connectivity index (χ0n) is 15.7. The number of rotatable bonds is 5. The van der Waals surface area contributed by atoms with Crippen molar-refractivity contribution in [2.45, 2.75) is 12.8 Å². The number of pyridine rings is 1. The summed E-state index contributed by atoms with van der Waals surface area (Å²) in [6.07, 6.45) is 5.38. The van der Waals surface area contributed by atoms with Gasteiger partial charge in [-0.15, -0.1) is 0 Å². The Bertz CT molecular complexity index is 898. The quantitative estimate of drug-likeness (QED) is 0.643. The first-order chi connectivity index (χ1) is 13.9. The lowest BCUT2D eigenvalue weighted by Gasteiger charge is -2.33. The Morgan fingerprint density at radius 2 is 1.79 bits per heavy atom. The lowest BCUT2D eigenvalue weighted by atomic mass is 9.96. The summed E-state index contributed by atoms with van der Waals surface area (Å²) in [5.74, 6) is -1.94. The summed E-state index contributed by atoms with van der Waals surface area (Å²) in [5, 5.41) is 5.31. The minimum atomic E-state index is -0.808. The summed E-state index contributed by atoms with van der Waals surface area (Å²) in [6, 6.07) is 8.23. The molecule has 0 spiro atoms. The molecule has 0 atom stereocenters. The van der Waals surface area contributed by atoms with Gasteiger partial charge in [-0.2, -0.15) is 0 Å². The summed E-state index contributed by atoms with van der Waals surface area (Å²) in [6.45, 7) is 2.21. The summed E-state index contributed by atoms with van der Waals surface area (Å²) in [4.78, 5) is 41.8. The first-order valence-corrected chi connectivity index (χ1v) is 9.65. The molecule has 8 nitrogen and oxygen atoms in total. The maximum atomic E-state index is 12.1. The van der Waals surface area contributed by atoms with Gasteiger partial charge in [0.15, 0.2) is 0 Å². The van der Waals surface area contributed by atoms with E-state index in [2.05, 4.69) is 20.5 Å². The van der Waals surface area contributed by atoms with E-state index in [1.54, 1.807) is 12.4 Å². The minimum absolute atomic E-state index is 0.0748. The lowest BCUT2D eigenvalue weighted by molar-refractivity contribution is -0.136. The Labute approximate surface area is 173 Å². The monoisotopic (exact) mass is 415 g/mol. The summed E-state index contributed by atoms with van der Waals surface area (Å²) < 4.78 is 0. The average molecular weight is 416 g/mol. The third-order valence-corrected chi connectivity index (χ3v) is 5.22. The molecule has 1 saturated heterocycles. The first kappa shape index (κ1) is 20.6. The minimum Gasteiger partial charge on any atom is -0.371 e. The smallest absolute Gasteiger partial charge is 0.313 e. The van der Waals surface area contributed by atoms with Crippen molar-refractivity contribution in [2.24, 2.45) is 11.7 Å². The zero-order chi connectivity index (χ0) is 20.8. The highest BCUT2D eigenvalue weighted by Gasteiger charge is 2.22. The summed E-state index contributed by atoms with van der Waals surface area (Å²) in [7, 11) is 0. The number of benzene rings is 1. The number of primary amides is 1. The van der Waals surface area contributed by atoms with E-state index >= 15 is 0 Å². The second-order valence-corrected chi connectivity index (χ2v) is 7.27. The van der Waals surface area contributed by atoms with Gasteiger partial charge >= 0.3 is 11.8 Å². The number of hydrogen-bond donors (Lipinski definition) is 3. The van der Waals surface area contributed by atoms with Crippen molar-refractivity contribution in [1.82, 2.24) is 10.3 Å². The lowest BCUT2D eigenvalue weighted by Crippen LogP contribution is -2.41. The third kappa shape index (κ3) is 5.45. The van der Waals surface area contributed by atoms with Crippen LogP contribution in [0, 0.1) is 5.92 Å². The van der Waals surface area contributed by atoms with Crippen LogP contribution in [0.5, 0.6) is 0 Å². The normalized spacial score (nSPS) is 14.3. The van der Waals surface area contributed by atoms with Crippen LogP contribution in [0.3, 0.4) is 0 Å². The van der Waals surface area contributed by atoms with E-state index in [4.69, 9.17) is 17.3 Å². The van der Waals surface area contributed by atoms with Crippen LogP contribution in [0.4, 0.5) is 11.4 Å². The fraction of sp³-hybridized carbons (Fsp3) is 0.300. The van der Waals surface area contributed by atoms with Gasteiger partial charge in [0, 0.05) is 43.4 Å². The molecular weight excluding hydrogens is 394 g/mol. The van der Waals surface area contributed by atoms with E-state index < -0.39 is 17.7 Å². The standard InChI is InChI=1S/C20H22ClN5O3/c21-17-2-1-14(11-16(17)18(22)27)25-20(29)19(28)24-12-13-5-9-26(10-6-13)15-3-7-23-8-4-15/h1-4,7-8,11,13H,5-6,9-10,12H2,(H2,22,27)(H,24,28)(H,25,29). The van der Waals surface area contributed by atoms with Gasteiger partial charge in [0.05, 0.1) is 10.6 Å². The highest BCUT2D eigenvalue weighted by Crippen LogP contribution is 2.22. The Hall–Kier alpha value is -3.13. The molecule has 9 heteroatoms. The highest BCUT2D eigenvalue weighted by molar-refractivity contribution is 6.39. The molecule has 0 bridgehead atoms. The van der Waals surface area contributed by atoms with Crippen molar-refractivity contribution in [3.8, 4) is 0 Å². The number of aromatic nitrogens is 1. The van der Waals surface area contributed by atoms with E-state index in [1.807, 2.05) is 12.1 Å². The zero-order valence-corrected chi connectivity index (χ0v) is 16.5. The van der Waals surface area contributed by atoms with Gasteiger partial charge in [0.25, 0.3) is 0 Å². The Morgan fingerprint density at radius 3 is 2.45 bits per heavy atom. The molecule has 1 fully saturated rings. The van der Waals surface area contributed by atoms with Crippen molar-refractivity contribution in [3.63, 3.8) is 0 Å². The van der Waals surface area contributed by atoms with Crippen LogP contribution in [0.15, 0.2) is 42.7 Å². The van der Waals surface area contributed by atoms with Crippen LogP contribution >= 0.6 is 11.6 Å². The predicted molar refractivity (Wildman–Crippen MR) is 111 cm³/mol. The molecule has 0 saturated carbocycles. The van der Waals surface area contributed by atoms with E-state index in [1.165, 1.54) is 18.2 Å². The number of nitrogens with one attached hydrogen (secondary N) is 2. The molecule has 2 aromatic rings. The van der Waals surface area contributed by atoms with Gasteiger partial charge in [-0.25, -0.2) is 0 Å². The van der Waals surface area contributed by atoms with Gasteiger partial charge in [-0.3, -0.25) is 19.4 Å². The number of piperidine rings is 1. The van der Waals surface area contributed by atoms with Gasteiger partial charge < -0.3 is 21.3 Å². The molecule has 0 unspecified atom stereocenters. The fourth-order valence-corrected chi connectivity index (χ4v) is 3.46. The van der Waals surface area contributed by atoms with Gasteiger partial charge in [-0.05, 0) is 49.1 Å². The summed E-state index contributed by atoms with van der Waals surface area (Å²) in [5.41, 5.74) is 6.72. The number of carbonyl (C=O) groups excluding carboxylic acids is 3. The van der Waals surface area contributed by atoms with Crippen molar-refractivity contribution in [1.29, 1.82) is 0 Å². The maximum absolute atomic E-state index is 12.1. The van der Waals surface area contributed by atoms with Gasteiger partial charge in [-0.1, -0.05) is 11.6 Å². The first-order valence-electron chi connectivity index (χ1n) is 9.27. The predicted octanol–water partition coefficient (Wildman–Crippen LogP) is 1.81. The molecule has 3 amide bonds. The second-order valence-electron chi connectivity index (χ2n) is 6.86. The van der Waals surface area contributed by atoms with Gasteiger partial charge in [0.1, 0.15) is 0 Å². The fourth-order valence-electron chi connectivity index (χ4n) is 3.25. The van der Waals surface area contributed by atoms with Crippen molar-refractivity contribution in [2.75, 3.05) is 29.9 Å². The molecular formula is C20H22ClN5O3. The Balaban J connectivity index is 1.46. The van der Waals surface area contributed by atoms with Crippen LogP contribution in [0.25, 0.3) is 0 Å². The number of hydrogen-bond acceptors (Lipinski definition) is 5. The average Bonchev–Trinajstić information content (AvgIpc) is 2.74. The largest absolute Gasteiger partial charge is 0.371 e. The summed E-state index contributed by atoms with van der Waals surface area (Å²) >= 11 is 5.88. The SMILES string of the molecule is NC(=O)c1cc(NC(=O)C(=O)NCC2CCN(c3ccncc3)CC2)ccc1Cl. The third-order valence-electron chi connectivity index (χ3n) is 4.89. The van der Waals surface area contributed by atoms with Crippen molar-refractivity contribution >= 4 is 40.7 Å². The van der Waals surface area contributed by atoms with Crippen molar-refractivity contribution < 1.29 is 14.4 Å². The molecule has 0 aliphatic carbocycles. The molecule has 4 N–H and O–H groups in total. The number of halogens is 1. The van der Waals surface area contributed by atoms with Crippen LogP contribution in [-0.2, 0) is 9.59 Å². The highest BCUT2D eigenvalue weighted by atomic mass is 35.5. The van der Waals surface area contributed by atoms with Crippen molar-refractivity contribution in [3.05, 3.63) is 53.3 Å². The molecule has 1 aromatic carbocycles. The second kappa shape index (κ2) is 9.38. The Morgan fingerprint density at radius 1 is 1.10 bits per heavy atom. The Kier molecular flexibility index (Phi) is 6.66. The molecule has 1 aromatic heterocycles. The number of amides is 3. The van der Waals surface area contributed by atoms with Crippen LogP contribution in [0.2, 0.25) is 5.02 Å². The molecule has 2 heterocycles. The van der Waals surface area contributed by atoms with E-state index in [9.17, 15) is 14.4 Å². The van der Waals surface area contributed by atoms with Crippen LogP contribution in [0.1, 0.15) is 23.2 Å². The van der Waals surface area contributed by atoms with E-state index in [0.29, 0.717) is 12.5 Å². The van der Waals surface area contributed by atoms with E-state index in [0.717, 1.165) is 31.6 Å². The molecule has 29 heavy (non-hydrogen) atoms. The van der Waals surface area contributed by atoms with Crippen LogP contribution in [-0.4, -0.2) is 42.3 Å². The number of nitrogens with two attached hydrogens (primary N) is 1. The topological polar surface area (TPSA) is 117 Å². The number of anilines is 2. The number of carbonyl (C=O) groups is 3.